The van der Waals surface area contributed by atoms with Crippen LogP contribution in [0.1, 0.15) is 23.0 Å². The number of fused-ring (bicyclic) bond motifs is 1. The molecule has 1 N–H and O–H groups in total. The van der Waals surface area contributed by atoms with Crippen LogP contribution < -0.4 is 14.9 Å². The van der Waals surface area contributed by atoms with Crippen molar-refractivity contribution in [1.82, 2.24) is 5.43 Å². The maximum absolute atomic E-state index is 12.2. The highest BCUT2D eigenvalue weighted by molar-refractivity contribution is 14.1. The Kier molecular flexibility index (Phi) is 5.77. The van der Waals surface area contributed by atoms with Crippen LogP contribution in [0.25, 0.3) is 11.0 Å². The number of hydrogen-bond donors (Lipinski definition) is 1. The zero-order valence-corrected chi connectivity index (χ0v) is 16.4. The first kappa shape index (κ1) is 18.2. The smallest absolute Gasteiger partial charge is 0.307 e. The van der Waals surface area contributed by atoms with Crippen molar-refractivity contribution >= 4 is 45.7 Å². The summed E-state index contributed by atoms with van der Waals surface area (Å²) in [5.74, 6) is 1.11. The first-order valence-electron chi connectivity index (χ1n) is 7.94. The lowest BCUT2D eigenvalue weighted by molar-refractivity contribution is 0.0929. The Hall–Kier alpha value is -2.55. The van der Waals surface area contributed by atoms with E-state index in [1.807, 2.05) is 37.3 Å². The minimum atomic E-state index is -0.412. The summed E-state index contributed by atoms with van der Waals surface area (Å²) in [6, 6.07) is 12.8. The van der Waals surface area contributed by atoms with E-state index in [0.717, 1.165) is 14.5 Å². The van der Waals surface area contributed by atoms with Crippen LogP contribution in [-0.2, 0) is 0 Å². The van der Waals surface area contributed by atoms with Gasteiger partial charge >= 0.3 is 5.91 Å². The number of rotatable bonds is 6. The fourth-order valence-corrected chi connectivity index (χ4v) is 3.19. The summed E-state index contributed by atoms with van der Waals surface area (Å²) in [7, 11) is 1.58. The highest BCUT2D eigenvalue weighted by Gasteiger charge is 2.12. The zero-order chi connectivity index (χ0) is 18.5. The van der Waals surface area contributed by atoms with Gasteiger partial charge in [-0.15, -0.1) is 0 Å². The monoisotopic (exact) mass is 464 g/mol. The largest absolute Gasteiger partial charge is 0.493 e. The highest BCUT2D eigenvalue weighted by Crippen LogP contribution is 2.33. The summed E-state index contributed by atoms with van der Waals surface area (Å²) in [6.07, 6.45) is 1.54. The summed E-state index contributed by atoms with van der Waals surface area (Å²) in [5.41, 5.74) is 3.90. The number of ether oxygens (including phenoxy) is 2. The van der Waals surface area contributed by atoms with Gasteiger partial charge in [0.05, 0.1) is 23.5 Å². The molecule has 0 unspecified atom stereocenters. The van der Waals surface area contributed by atoms with E-state index >= 15 is 0 Å². The zero-order valence-electron chi connectivity index (χ0n) is 14.3. The van der Waals surface area contributed by atoms with Crippen molar-refractivity contribution in [2.75, 3.05) is 13.7 Å². The normalized spacial score (nSPS) is 11.0. The lowest BCUT2D eigenvalue weighted by Crippen LogP contribution is -2.16. The number of carbonyl (C=O) groups excluding carboxylic acids is 1. The Morgan fingerprint density at radius 1 is 1.31 bits per heavy atom. The van der Waals surface area contributed by atoms with Gasteiger partial charge in [-0.2, -0.15) is 5.10 Å². The highest BCUT2D eigenvalue weighted by atomic mass is 127. The van der Waals surface area contributed by atoms with Gasteiger partial charge in [0.2, 0.25) is 0 Å². The van der Waals surface area contributed by atoms with Crippen LogP contribution in [0.5, 0.6) is 11.5 Å². The molecule has 3 rings (SSSR count). The number of carbonyl (C=O) groups is 1. The molecule has 6 nitrogen and oxygen atoms in total. The van der Waals surface area contributed by atoms with E-state index in [0.29, 0.717) is 23.7 Å². The van der Waals surface area contributed by atoms with Crippen molar-refractivity contribution in [3.05, 3.63) is 57.4 Å². The Labute approximate surface area is 164 Å². The Morgan fingerprint density at radius 3 is 2.85 bits per heavy atom. The van der Waals surface area contributed by atoms with Gasteiger partial charge in [-0.25, -0.2) is 5.43 Å². The number of hydrazone groups is 1. The van der Waals surface area contributed by atoms with Crippen molar-refractivity contribution in [3.63, 3.8) is 0 Å². The maximum Gasteiger partial charge on any atom is 0.307 e. The van der Waals surface area contributed by atoms with Crippen molar-refractivity contribution in [2.45, 2.75) is 6.92 Å². The summed E-state index contributed by atoms with van der Waals surface area (Å²) in [4.78, 5) is 12.2. The molecule has 0 atom stereocenters. The topological polar surface area (TPSA) is 73.1 Å². The molecule has 1 amide bonds. The van der Waals surface area contributed by atoms with Crippen molar-refractivity contribution in [3.8, 4) is 11.5 Å². The second-order valence-corrected chi connectivity index (χ2v) is 6.48. The van der Waals surface area contributed by atoms with Crippen LogP contribution in [-0.4, -0.2) is 25.8 Å². The molecule has 26 heavy (non-hydrogen) atoms. The summed E-state index contributed by atoms with van der Waals surface area (Å²) < 4.78 is 17.3. The fraction of sp³-hybridized carbons (Fsp3) is 0.158. The Morgan fingerprint density at radius 2 is 2.12 bits per heavy atom. The van der Waals surface area contributed by atoms with Crippen molar-refractivity contribution in [2.24, 2.45) is 5.10 Å². The molecule has 0 fully saturated rings. The van der Waals surface area contributed by atoms with E-state index in [1.54, 1.807) is 25.5 Å². The predicted molar refractivity (Wildman–Crippen MR) is 108 cm³/mol. The average molecular weight is 464 g/mol. The van der Waals surface area contributed by atoms with Crippen molar-refractivity contribution < 1.29 is 18.7 Å². The summed E-state index contributed by atoms with van der Waals surface area (Å²) in [5, 5.41) is 4.86. The molecule has 7 heteroatoms. The number of para-hydroxylation sites is 1. The molecule has 3 aromatic rings. The average Bonchev–Trinajstić information content (AvgIpc) is 3.08. The minimum absolute atomic E-state index is 0.210. The third-order valence-electron chi connectivity index (χ3n) is 3.57. The molecule has 0 aliphatic carbocycles. The fourth-order valence-electron chi connectivity index (χ4n) is 2.41. The number of hydrogen-bond acceptors (Lipinski definition) is 5. The van der Waals surface area contributed by atoms with Crippen LogP contribution >= 0.6 is 22.6 Å². The molecule has 0 spiro atoms. The SMILES string of the molecule is CCOc1c(I)cc(/C=N\NC(=O)c2cc3ccccc3o2)cc1OC. The number of methoxy groups -OCH3 is 1. The van der Waals surface area contributed by atoms with Gasteiger partial charge in [0.15, 0.2) is 17.3 Å². The lowest BCUT2D eigenvalue weighted by Gasteiger charge is -2.11. The van der Waals surface area contributed by atoms with Crippen LogP contribution in [0.2, 0.25) is 0 Å². The number of nitrogens with one attached hydrogen (secondary N) is 1. The van der Waals surface area contributed by atoms with Gasteiger partial charge in [0.1, 0.15) is 5.58 Å². The Bertz CT molecular complexity index is 932. The van der Waals surface area contributed by atoms with E-state index in [4.69, 9.17) is 13.9 Å². The van der Waals surface area contributed by atoms with Gasteiger partial charge in [-0.1, -0.05) is 18.2 Å². The van der Waals surface area contributed by atoms with Gasteiger partial charge in [0, 0.05) is 5.39 Å². The van der Waals surface area contributed by atoms with Gasteiger partial charge < -0.3 is 13.9 Å². The summed E-state index contributed by atoms with van der Waals surface area (Å²) >= 11 is 2.17. The second-order valence-electron chi connectivity index (χ2n) is 5.31. The lowest BCUT2D eigenvalue weighted by atomic mass is 10.2. The van der Waals surface area contributed by atoms with Gasteiger partial charge in [-0.05, 0) is 59.3 Å². The number of furan rings is 1. The first-order chi connectivity index (χ1) is 12.6. The number of amides is 1. The minimum Gasteiger partial charge on any atom is -0.493 e. The predicted octanol–water partition coefficient (Wildman–Crippen LogP) is 4.21. The number of halogens is 1. The summed E-state index contributed by atoms with van der Waals surface area (Å²) in [6.45, 7) is 2.46. The van der Waals surface area contributed by atoms with E-state index in [-0.39, 0.29) is 5.76 Å². The van der Waals surface area contributed by atoms with Crippen LogP contribution in [0.15, 0.2) is 52.0 Å². The molecule has 0 bridgehead atoms. The molecule has 0 saturated heterocycles. The molecule has 1 heterocycles. The van der Waals surface area contributed by atoms with Gasteiger partial charge in [-0.3, -0.25) is 4.79 Å². The quantitative estimate of drug-likeness (QED) is 0.337. The molecule has 0 aliphatic rings. The second kappa shape index (κ2) is 8.22. The molecule has 0 aliphatic heterocycles. The number of benzene rings is 2. The third-order valence-corrected chi connectivity index (χ3v) is 4.37. The van der Waals surface area contributed by atoms with Crippen LogP contribution in [0.4, 0.5) is 0 Å². The Balaban J connectivity index is 1.73. The van der Waals surface area contributed by atoms with E-state index in [2.05, 4.69) is 33.1 Å². The molecule has 134 valence electrons. The molecule has 2 aromatic carbocycles. The molecule has 0 radical (unpaired) electrons. The maximum atomic E-state index is 12.2. The third kappa shape index (κ3) is 3.98. The molecular formula is C19H17IN2O4. The first-order valence-corrected chi connectivity index (χ1v) is 9.02. The van der Waals surface area contributed by atoms with E-state index < -0.39 is 5.91 Å². The van der Waals surface area contributed by atoms with Crippen LogP contribution in [0.3, 0.4) is 0 Å². The standard InChI is InChI=1S/C19H17IN2O4/c1-3-25-18-14(20)8-12(9-16(18)24-2)11-21-22-19(23)17-10-13-6-4-5-7-15(13)26-17/h4-11H,3H2,1-2H3,(H,22,23)/b21-11-. The molecule has 1 aromatic heterocycles. The van der Waals surface area contributed by atoms with Crippen LogP contribution in [0, 0.1) is 3.57 Å². The van der Waals surface area contributed by atoms with Gasteiger partial charge in [0.25, 0.3) is 0 Å². The van der Waals surface area contributed by atoms with Crippen molar-refractivity contribution in [1.29, 1.82) is 0 Å². The van der Waals surface area contributed by atoms with E-state index in [1.165, 1.54) is 0 Å². The molecule has 0 saturated carbocycles. The molecular weight excluding hydrogens is 447 g/mol. The van der Waals surface area contributed by atoms with E-state index in [9.17, 15) is 4.79 Å². The number of nitrogens with zero attached hydrogens (tertiary/aromatic N) is 1.